The molecule has 0 aliphatic carbocycles. The minimum atomic E-state index is 0.719. The van der Waals surface area contributed by atoms with Crippen LogP contribution < -0.4 is 4.74 Å². The van der Waals surface area contributed by atoms with Crippen LogP contribution in [0.4, 0.5) is 0 Å². The Balaban J connectivity index is 0.978. The predicted octanol–water partition coefficient (Wildman–Crippen LogP) is 14.2. The van der Waals surface area contributed by atoms with Gasteiger partial charge >= 0.3 is 294 Å². The van der Waals surface area contributed by atoms with Crippen molar-refractivity contribution in [1.82, 2.24) is 28.7 Å². The fourth-order valence-corrected chi connectivity index (χ4v) is 10.3. The first-order chi connectivity index (χ1) is 32.7. The quantitative estimate of drug-likeness (QED) is 0.145. The van der Waals surface area contributed by atoms with Gasteiger partial charge < -0.3 is 0 Å². The summed E-state index contributed by atoms with van der Waals surface area (Å²) in [6.07, 6.45) is 7.15. The first-order valence-corrected chi connectivity index (χ1v) is 22.9. The van der Waals surface area contributed by atoms with Gasteiger partial charge in [0, 0.05) is 29.7 Å². The zero-order valence-corrected chi connectivity index (χ0v) is 37.6. The second-order valence-corrected chi connectivity index (χ2v) is 17.1. The number of imidazole rings is 1. The summed E-state index contributed by atoms with van der Waals surface area (Å²) in [5.74, 6) is 2.24. The SMILES string of the molecule is [Pt]=[c]1n(-c2cccc(Oc3ccc4c5ccccc5n(-c5cc(-c6ccccc6)c(-c6cncnc6)cn5)c4c3)c2)c2ccccc2n1-c1c(-c2ccccc2)cccc1-c1ccccc1. The van der Waals surface area contributed by atoms with E-state index in [2.05, 4.69) is 237 Å². The fraction of sp³-hybridized carbons (Fsp3) is 0. The maximum atomic E-state index is 6.83. The van der Waals surface area contributed by atoms with Crippen LogP contribution in [0, 0.1) is 3.80 Å². The van der Waals surface area contributed by atoms with E-state index in [1.165, 1.54) is 0 Å². The van der Waals surface area contributed by atoms with Gasteiger partial charge in [0.25, 0.3) is 0 Å². The molecule has 0 amide bonds. The van der Waals surface area contributed by atoms with E-state index in [1.54, 1.807) is 6.33 Å². The number of hydrogen-bond acceptors (Lipinski definition) is 4. The van der Waals surface area contributed by atoms with Gasteiger partial charge in [-0.3, -0.25) is 0 Å². The van der Waals surface area contributed by atoms with Crippen LogP contribution >= 0.6 is 0 Å². The van der Waals surface area contributed by atoms with Crippen LogP contribution in [-0.2, 0) is 19.4 Å². The summed E-state index contributed by atoms with van der Waals surface area (Å²) in [7, 11) is 0. The molecule has 0 aliphatic rings. The molecule has 66 heavy (non-hydrogen) atoms. The van der Waals surface area contributed by atoms with Gasteiger partial charge in [-0.05, 0) is 11.1 Å². The van der Waals surface area contributed by atoms with E-state index in [-0.39, 0.29) is 0 Å². The van der Waals surface area contributed by atoms with Gasteiger partial charge in [-0.15, -0.1) is 0 Å². The zero-order chi connectivity index (χ0) is 44.0. The van der Waals surface area contributed by atoms with Gasteiger partial charge in [-0.2, -0.15) is 0 Å². The average Bonchev–Trinajstić information content (AvgIpc) is 3.87. The predicted molar refractivity (Wildman–Crippen MR) is 262 cm³/mol. The van der Waals surface area contributed by atoms with Crippen LogP contribution in [0.25, 0.3) is 94.5 Å². The molecule has 4 heterocycles. The molecule has 4 aromatic heterocycles. The molecular formula is C58H38N6OPt. The first-order valence-electron chi connectivity index (χ1n) is 21.7. The molecule has 0 unspecified atom stereocenters. The number of ether oxygens (including phenoxy) is 1. The average molecular weight is 1030 g/mol. The zero-order valence-electron chi connectivity index (χ0n) is 35.3. The van der Waals surface area contributed by atoms with Crippen LogP contribution in [0.3, 0.4) is 0 Å². The number of pyridine rings is 1. The van der Waals surface area contributed by atoms with E-state index >= 15 is 0 Å². The standard InChI is InChI=1S/C58H38N6O.Pt/c1-4-16-40(17-5-1)47-25-15-26-48(41-18-6-2-7-19-41)58(47)63-39-62(54-28-12-13-29-55(54)63)44-22-14-23-45(32-44)65-46-30-31-50-49-24-10-11-27-53(49)64(56(50)33-46)57-34-51(42-20-8-3-9-21-42)52(37-61-57)43-35-59-38-60-36-43;/h1-38H;. The normalized spacial score (nSPS) is 11.4. The Hall–Kier alpha value is -8.25. The Kier molecular flexibility index (Phi) is 9.96. The Bertz CT molecular complexity index is 3750. The van der Waals surface area contributed by atoms with Crippen molar-refractivity contribution in [1.29, 1.82) is 0 Å². The fourth-order valence-electron chi connectivity index (χ4n) is 9.23. The van der Waals surface area contributed by atoms with E-state index < -0.39 is 0 Å². The molecule has 7 nitrogen and oxygen atoms in total. The third kappa shape index (κ3) is 6.89. The molecule has 316 valence electrons. The topological polar surface area (TPSA) is 62.7 Å². The maximum absolute atomic E-state index is 6.83. The molecule has 8 aromatic carbocycles. The van der Waals surface area contributed by atoms with E-state index in [9.17, 15) is 0 Å². The van der Waals surface area contributed by atoms with Gasteiger partial charge in [0.2, 0.25) is 0 Å². The number of rotatable bonds is 9. The molecular weight excluding hydrogens is 992 g/mol. The molecule has 12 aromatic rings. The molecule has 0 aliphatic heterocycles. The van der Waals surface area contributed by atoms with Crippen molar-refractivity contribution in [2.24, 2.45) is 0 Å². The summed E-state index contributed by atoms with van der Waals surface area (Å²) in [5, 5.41) is 2.25. The van der Waals surface area contributed by atoms with Crippen molar-refractivity contribution in [2.45, 2.75) is 0 Å². The van der Waals surface area contributed by atoms with Gasteiger partial charge in [0.15, 0.2) is 0 Å². The molecule has 8 heteroatoms. The second kappa shape index (κ2) is 16.7. The van der Waals surface area contributed by atoms with Crippen LogP contribution in [-0.4, -0.2) is 28.7 Å². The van der Waals surface area contributed by atoms with Crippen molar-refractivity contribution in [3.63, 3.8) is 0 Å². The summed E-state index contributed by atoms with van der Waals surface area (Å²) in [6.45, 7) is 0. The third-order valence-electron chi connectivity index (χ3n) is 12.2. The van der Waals surface area contributed by atoms with Gasteiger partial charge in [-0.25, -0.2) is 9.97 Å². The molecule has 12 rings (SSSR count). The van der Waals surface area contributed by atoms with E-state index in [0.717, 1.165) is 110 Å². The molecule has 0 fully saturated rings. The van der Waals surface area contributed by atoms with Crippen LogP contribution in [0.5, 0.6) is 11.5 Å². The summed E-state index contributed by atoms with van der Waals surface area (Å²) in [4.78, 5) is 13.7. The molecule has 0 spiro atoms. The van der Waals surface area contributed by atoms with Gasteiger partial charge in [-0.1, -0.05) is 42.5 Å². The Morgan fingerprint density at radius 2 is 0.939 bits per heavy atom. The third-order valence-corrected chi connectivity index (χ3v) is 13.2. The number of benzene rings is 8. The molecule has 0 atom stereocenters. The number of nitrogens with zero attached hydrogens (tertiary/aromatic N) is 6. The van der Waals surface area contributed by atoms with Crippen molar-refractivity contribution in [3.8, 4) is 73.2 Å². The van der Waals surface area contributed by atoms with E-state index in [0.29, 0.717) is 0 Å². The Labute approximate surface area is 391 Å². The second-order valence-electron chi connectivity index (χ2n) is 16.0. The van der Waals surface area contributed by atoms with Crippen molar-refractivity contribution < 1.29 is 24.1 Å². The van der Waals surface area contributed by atoms with Gasteiger partial charge in [0.05, 0.1) is 0 Å². The summed E-state index contributed by atoms with van der Waals surface area (Å²) < 4.78 is 14.8. The molecule has 0 saturated carbocycles. The Morgan fingerprint density at radius 3 is 1.62 bits per heavy atom. The van der Waals surface area contributed by atoms with E-state index in [1.807, 2.05) is 30.7 Å². The number of fused-ring (bicyclic) bond motifs is 4. The summed E-state index contributed by atoms with van der Waals surface area (Å²) in [5.41, 5.74) is 15.0. The van der Waals surface area contributed by atoms with Crippen molar-refractivity contribution >= 4 is 32.8 Å². The van der Waals surface area contributed by atoms with Crippen LogP contribution in [0.2, 0.25) is 0 Å². The molecule has 0 N–H and O–H groups in total. The van der Waals surface area contributed by atoms with Crippen molar-refractivity contribution in [3.05, 3.63) is 235 Å². The summed E-state index contributed by atoms with van der Waals surface area (Å²) in [6, 6.07) is 72.3. The first kappa shape index (κ1) is 39.3. The Morgan fingerprint density at radius 1 is 0.379 bits per heavy atom. The van der Waals surface area contributed by atoms with E-state index in [4.69, 9.17) is 9.72 Å². The number of para-hydroxylation sites is 4. The van der Waals surface area contributed by atoms with Crippen LogP contribution in [0.1, 0.15) is 0 Å². The number of aromatic nitrogens is 6. The van der Waals surface area contributed by atoms with Crippen molar-refractivity contribution in [2.75, 3.05) is 0 Å². The number of hydrogen-bond donors (Lipinski definition) is 0. The monoisotopic (exact) mass is 1030 g/mol. The molecule has 0 radical (unpaired) electrons. The van der Waals surface area contributed by atoms with Gasteiger partial charge in [0.1, 0.15) is 6.33 Å². The minimum absolute atomic E-state index is 0.719. The molecule has 0 saturated heterocycles. The van der Waals surface area contributed by atoms with Crippen LogP contribution in [0.15, 0.2) is 231 Å². The summed E-state index contributed by atoms with van der Waals surface area (Å²) >= 11 is 2.49. The molecule has 0 bridgehead atoms.